The summed E-state index contributed by atoms with van der Waals surface area (Å²) in [5, 5.41) is 11.5. The fourth-order valence-electron chi connectivity index (χ4n) is 2.21. The van der Waals surface area contributed by atoms with Crippen LogP contribution in [0.3, 0.4) is 0 Å². The third kappa shape index (κ3) is 3.81. The third-order valence-corrected chi connectivity index (χ3v) is 3.59. The first-order valence-electron chi connectivity index (χ1n) is 7.23. The number of esters is 1. The van der Waals surface area contributed by atoms with E-state index in [4.69, 9.17) is 16.3 Å². The van der Waals surface area contributed by atoms with E-state index in [0.717, 1.165) is 0 Å². The summed E-state index contributed by atoms with van der Waals surface area (Å²) in [7, 11) is 0. The van der Waals surface area contributed by atoms with Crippen LogP contribution in [0.1, 0.15) is 11.1 Å². The Morgan fingerprint density at radius 3 is 2.72 bits per heavy atom. The molecule has 1 heterocycles. The zero-order valence-electron chi connectivity index (χ0n) is 12.8. The second kappa shape index (κ2) is 7.11. The van der Waals surface area contributed by atoms with E-state index in [9.17, 15) is 14.9 Å². The summed E-state index contributed by atoms with van der Waals surface area (Å²) in [6.07, 6.45) is 4.49. The number of benzene rings is 2. The first-order chi connectivity index (χ1) is 12.0. The Labute approximate surface area is 147 Å². The highest BCUT2D eigenvalue weighted by Crippen LogP contribution is 2.21. The normalized spacial score (nSPS) is 15.5. The number of hydrogen-bond donors (Lipinski definition) is 0. The van der Waals surface area contributed by atoms with E-state index >= 15 is 0 Å². The SMILES string of the molecule is O=C1OC(c2cccc(Cl)c2)=N/C1=C/C=C\c1ccccc1[N+](=O)[O-]. The van der Waals surface area contributed by atoms with Gasteiger partial charge >= 0.3 is 5.97 Å². The lowest BCUT2D eigenvalue weighted by atomic mass is 10.1. The zero-order chi connectivity index (χ0) is 17.8. The first kappa shape index (κ1) is 16.6. The van der Waals surface area contributed by atoms with Crippen molar-refractivity contribution in [1.82, 2.24) is 0 Å². The van der Waals surface area contributed by atoms with Crippen LogP contribution < -0.4 is 0 Å². The van der Waals surface area contributed by atoms with Gasteiger partial charge < -0.3 is 4.74 Å². The van der Waals surface area contributed by atoms with Crippen LogP contribution in [-0.4, -0.2) is 16.8 Å². The van der Waals surface area contributed by atoms with E-state index in [0.29, 0.717) is 16.1 Å². The highest BCUT2D eigenvalue weighted by atomic mass is 35.5. The number of aliphatic imine (C=N–C) groups is 1. The Morgan fingerprint density at radius 2 is 1.96 bits per heavy atom. The van der Waals surface area contributed by atoms with Crippen molar-refractivity contribution in [2.45, 2.75) is 0 Å². The molecule has 0 unspecified atom stereocenters. The number of nitro benzene ring substituents is 1. The number of ether oxygens (including phenoxy) is 1. The van der Waals surface area contributed by atoms with Crippen molar-refractivity contribution in [2.24, 2.45) is 4.99 Å². The number of carbonyl (C=O) groups is 1. The molecule has 25 heavy (non-hydrogen) atoms. The number of carbonyl (C=O) groups excluding carboxylic acids is 1. The van der Waals surface area contributed by atoms with Gasteiger partial charge in [0.25, 0.3) is 5.69 Å². The lowest BCUT2D eigenvalue weighted by Gasteiger charge is -1.98. The quantitative estimate of drug-likeness (QED) is 0.357. The fraction of sp³-hybridized carbons (Fsp3) is 0. The second-order valence-corrected chi connectivity index (χ2v) is 5.48. The molecule has 0 fully saturated rings. The maximum Gasteiger partial charge on any atom is 0.363 e. The highest BCUT2D eigenvalue weighted by Gasteiger charge is 2.23. The minimum absolute atomic E-state index is 0.0192. The van der Waals surface area contributed by atoms with Gasteiger partial charge in [0, 0.05) is 16.7 Å². The fourth-order valence-corrected chi connectivity index (χ4v) is 2.40. The Kier molecular flexibility index (Phi) is 4.72. The van der Waals surface area contributed by atoms with Crippen molar-refractivity contribution >= 4 is 35.2 Å². The summed E-state index contributed by atoms with van der Waals surface area (Å²) in [4.78, 5) is 26.5. The molecule has 0 saturated carbocycles. The van der Waals surface area contributed by atoms with Crippen molar-refractivity contribution in [3.05, 3.63) is 92.6 Å². The molecule has 1 aliphatic heterocycles. The largest absolute Gasteiger partial charge is 0.402 e. The average Bonchev–Trinajstić information content (AvgIpc) is 2.96. The molecule has 0 amide bonds. The Morgan fingerprint density at radius 1 is 1.16 bits per heavy atom. The van der Waals surface area contributed by atoms with Crippen molar-refractivity contribution in [3.63, 3.8) is 0 Å². The van der Waals surface area contributed by atoms with E-state index in [-0.39, 0.29) is 17.3 Å². The molecule has 6 nitrogen and oxygen atoms in total. The number of allylic oxidation sites excluding steroid dienone is 2. The van der Waals surface area contributed by atoms with Crippen molar-refractivity contribution in [2.75, 3.05) is 0 Å². The maximum absolute atomic E-state index is 11.9. The molecule has 2 aromatic rings. The molecule has 0 saturated heterocycles. The molecule has 124 valence electrons. The molecular formula is C18H11ClN2O4. The number of rotatable bonds is 4. The number of nitro groups is 1. The van der Waals surface area contributed by atoms with Gasteiger partial charge in [-0.1, -0.05) is 35.9 Å². The number of hydrogen-bond acceptors (Lipinski definition) is 5. The number of para-hydroxylation sites is 1. The van der Waals surface area contributed by atoms with Gasteiger partial charge in [0.15, 0.2) is 5.70 Å². The van der Waals surface area contributed by atoms with Gasteiger partial charge in [-0.05, 0) is 36.4 Å². The van der Waals surface area contributed by atoms with E-state index in [1.54, 1.807) is 42.5 Å². The lowest BCUT2D eigenvalue weighted by molar-refractivity contribution is -0.385. The molecule has 3 rings (SSSR count). The van der Waals surface area contributed by atoms with Crippen LogP contribution in [0.25, 0.3) is 6.08 Å². The van der Waals surface area contributed by atoms with Gasteiger partial charge in [-0.2, -0.15) is 0 Å². The molecule has 0 atom stereocenters. The summed E-state index contributed by atoms with van der Waals surface area (Å²) < 4.78 is 5.12. The monoisotopic (exact) mass is 354 g/mol. The smallest absolute Gasteiger partial charge is 0.363 e. The molecule has 0 N–H and O–H groups in total. The van der Waals surface area contributed by atoms with Gasteiger partial charge in [0.2, 0.25) is 5.90 Å². The van der Waals surface area contributed by atoms with Gasteiger partial charge in [-0.15, -0.1) is 0 Å². The van der Waals surface area contributed by atoms with E-state index in [1.165, 1.54) is 24.3 Å². The summed E-state index contributed by atoms with van der Waals surface area (Å²) in [5.74, 6) is -0.431. The molecular weight excluding hydrogens is 344 g/mol. The molecule has 2 aromatic carbocycles. The van der Waals surface area contributed by atoms with Crippen molar-refractivity contribution in [3.8, 4) is 0 Å². The van der Waals surface area contributed by atoms with Crippen molar-refractivity contribution in [1.29, 1.82) is 0 Å². The van der Waals surface area contributed by atoms with Crippen LogP contribution in [0, 0.1) is 10.1 Å². The summed E-state index contributed by atoms with van der Waals surface area (Å²) >= 11 is 5.91. The molecule has 0 radical (unpaired) electrons. The minimum Gasteiger partial charge on any atom is -0.402 e. The summed E-state index contributed by atoms with van der Waals surface area (Å²) in [6, 6.07) is 13.1. The first-order valence-corrected chi connectivity index (χ1v) is 7.61. The second-order valence-electron chi connectivity index (χ2n) is 5.04. The zero-order valence-corrected chi connectivity index (χ0v) is 13.5. The maximum atomic E-state index is 11.9. The summed E-state index contributed by atoms with van der Waals surface area (Å²) in [6.45, 7) is 0. The molecule has 0 spiro atoms. The molecule has 0 aliphatic carbocycles. The standard InChI is InChI=1S/C18H11ClN2O4/c19-14-8-3-7-13(11-14)17-20-15(18(22)25-17)9-4-6-12-5-1-2-10-16(12)21(23)24/h1-11H/b6-4-,15-9+. The summed E-state index contributed by atoms with van der Waals surface area (Å²) in [5.41, 5.74) is 1.10. The molecule has 0 aromatic heterocycles. The van der Waals surface area contributed by atoms with Crippen LogP contribution in [0.2, 0.25) is 5.02 Å². The number of nitrogens with zero attached hydrogens (tertiary/aromatic N) is 2. The van der Waals surface area contributed by atoms with Crippen LogP contribution in [0.15, 0.2) is 71.4 Å². The third-order valence-electron chi connectivity index (χ3n) is 3.36. The highest BCUT2D eigenvalue weighted by molar-refractivity contribution is 6.31. The predicted molar refractivity (Wildman–Crippen MR) is 94.3 cm³/mol. The van der Waals surface area contributed by atoms with Gasteiger partial charge in [0.05, 0.1) is 10.5 Å². The molecule has 7 heteroatoms. The van der Waals surface area contributed by atoms with Crippen molar-refractivity contribution < 1.29 is 14.5 Å². The number of cyclic esters (lactones) is 1. The molecule has 0 bridgehead atoms. The van der Waals surface area contributed by atoms with E-state index < -0.39 is 10.9 Å². The minimum atomic E-state index is -0.595. The van der Waals surface area contributed by atoms with Gasteiger partial charge in [0.1, 0.15) is 0 Å². The van der Waals surface area contributed by atoms with Gasteiger partial charge in [-0.3, -0.25) is 10.1 Å². The van der Waals surface area contributed by atoms with Crippen LogP contribution in [-0.2, 0) is 9.53 Å². The number of halogens is 1. The Bertz CT molecular complexity index is 948. The lowest BCUT2D eigenvalue weighted by Crippen LogP contribution is -2.05. The Hall–Kier alpha value is -3.25. The van der Waals surface area contributed by atoms with E-state index in [1.807, 2.05) is 0 Å². The Balaban J connectivity index is 1.84. The van der Waals surface area contributed by atoms with E-state index in [2.05, 4.69) is 4.99 Å². The molecule has 1 aliphatic rings. The van der Waals surface area contributed by atoms with Crippen LogP contribution >= 0.6 is 11.6 Å². The average molecular weight is 355 g/mol. The predicted octanol–water partition coefficient (Wildman–Crippen LogP) is 4.15. The van der Waals surface area contributed by atoms with Crippen LogP contribution in [0.5, 0.6) is 0 Å². The topological polar surface area (TPSA) is 81.8 Å². The van der Waals surface area contributed by atoms with Crippen LogP contribution in [0.4, 0.5) is 5.69 Å². The van der Waals surface area contributed by atoms with Gasteiger partial charge in [-0.25, -0.2) is 9.79 Å².